The molecule has 0 aliphatic rings. The zero-order chi connectivity index (χ0) is 16.9. The molecule has 0 fully saturated rings. The minimum absolute atomic E-state index is 0.256. The van der Waals surface area contributed by atoms with Gasteiger partial charge in [-0.3, -0.25) is 5.10 Å². The molecule has 0 aliphatic carbocycles. The van der Waals surface area contributed by atoms with Gasteiger partial charge in [0.2, 0.25) is 0 Å². The van der Waals surface area contributed by atoms with Crippen molar-refractivity contribution in [2.75, 3.05) is 0 Å². The Bertz CT molecular complexity index is 823. The Morgan fingerprint density at radius 1 is 1.08 bits per heavy atom. The molecule has 2 unspecified atom stereocenters. The largest absolute Gasteiger partial charge is 0.392 e. The summed E-state index contributed by atoms with van der Waals surface area (Å²) in [5.74, 6) is -0.208. The third-order valence-corrected chi connectivity index (χ3v) is 3.87. The van der Waals surface area contributed by atoms with Crippen LogP contribution < -0.4 is 0 Å². The molecule has 2 atom stereocenters. The quantitative estimate of drug-likeness (QED) is 0.756. The van der Waals surface area contributed by atoms with Gasteiger partial charge in [-0.1, -0.05) is 24.3 Å². The summed E-state index contributed by atoms with van der Waals surface area (Å²) in [6.45, 7) is 0. The maximum Gasteiger partial charge on any atom is 0.152 e. The predicted octanol–water partition coefficient (Wildman–Crippen LogP) is 2.55. The van der Waals surface area contributed by atoms with Crippen molar-refractivity contribution in [3.63, 3.8) is 0 Å². The van der Waals surface area contributed by atoms with Crippen molar-refractivity contribution in [3.8, 4) is 6.07 Å². The van der Waals surface area contributed by atoms with Crippen molar-refractivity contribution in [3.05, 3.63) is 83.2 Å². The van der Waals surface area contributed by atoms with Gasteiger partial charge in [-0.15, -0.1) is 0 Å². The van der Waals surface area contributed by atoms with E-state index in [1.165, 1.54) is 18.5 Å². The molecule has 0 aliphatic heterocycles. The summed E-state index contributed by atoms with van der Waals surface area (Å²) in [7, 11) is 0. The van der Waals surface area contributed by atoms with E-state index in [0.717, 1.165) is 11.1 Å². The molecule has 0 amide bonds. The molecule has 6 heteroatoms. The Hall–Kier alpha value is -3.04. The van der Waals surface area contributed by atoms with Crippen molar-refractivity contribution in [1.82, 2.24) is 15.2 Å². The summed E-state index contributed by atoms with van der Waals surface area (Å²) in [6.07, 6.45) is 0.918. The minimum atomic E-state index is -0.792. The summed E-state index contributed by atoms with van der Waals surface area (Å²) in [5, 5.41) is 26.3. The van der Waals surface area contributed by atoms with E-state index in [2.05, 4.69) is 21.3 Å². The van der Waals surface area contributed by atoms with Gasteiger partial charge < -0.3 is 5.11 Å². The van der Waals surface area contributed by atoms with Crippen molar-refractivity contribution in [2.24, 2.45) is 0 Å². The molecule has 2 aromatic carbocycles. The van der Waals surface area contributed by atoms with Gasteiger partial charge in [-0.05, 0) is 35.4 Å². The fraction of sp³-hybridized carbons (Fsp3) is 0.167. The van der Waals surface area contributed by atoms with Crippen LogP contribution in [-0.4, -0.2) is 26.4 Å². The van der Waals surface area contributed by atoms with Gasteiger partial charge >= 0.3 is 0 Å². The summed E-state index contributed by atoms with van der Waals surface area (Å²) in [4.78, 5) is 4.04. The van der Waals surface area contributed by atoms with Crippen LogP contribution in [0.5, 0.6) is 0 Å². The van der Waals surface area contributed by atoms with Crippen LogP contribution in [0.1, 0.15) is 28.4 Å². The molecule has 1 aromatic heterocycles. The van der Waals surface area contributed by atoms with Crippen LogP contribution in [0.2, 0.25) is 0 Å². The Labute approximate surface area is 138 Å². The van der Waals surface area contributed by atoms with E-state index in [9.17, 15) is 9.50 Å². The van der Waals surface area contributed by atoms with Gasteiger partial charge in [0.15, 0.2) is 5.82 Å². The van der Waals surface area contributed by atoms with E-state index in [-0.39, 0.29) is 18.2 Å². The van der Waals surface area contributed by atoms with Gasteiger partial charge in [0.25, 0.3) is 0 Å². The second-order valence-corrected chi connectivity index (χ2v) is 5.45. The molecule has 1 heterocycles. The number of benzene rings is 2. The molecule has 3 rings (SSSR count). The smallest absolute Gasteiger partial charge is 0.152 e. The lowest BCUT2D eigenvalue weighted by Gasteiger charge is -2.23. The number of hydrogen-bond acceptors (Lipinski definition) is 4. The van der Waals surface area contributed by atoms with Crippen molar-refractivity contribution in [1.29, 1.82) is 5.26 Å². The second kappa shape index (κ2) is 7.02. The Morgan fingerprint density at radius 3 is 2.25 bits per heavy atom. The Kier molecular flexibility index (Phi) is 4.64. The number of aromatic amines is 1. The highest BCUT2D eigenvalue weighted by Crippen LogP contribution is 2.30. The first-order valence-corrected chi connectivity index (χ1v) is 7.45. The van der Waals surface area contributed by atoms with Crippen LogP contribution >= 0.6 is 0 Å². The molecule has 0 spiro atoms. The highest BCUT2D eigenvalue weighted by atomic mass is 19.1. The molecule has 2 N–H and O–H groups in total. The average molecular weight is 322 g/mol. The number of H-pyrrole nitrogens is 1. The molecule has 0 radical (unpaired) electrons. The maximum absolute atomic E-state index is 13.2. The number of nitrogens with zero attached hydrogens (tertiary/aromatic N) is 3. The SMILES string of the molecule is N#Cc1ccc(C(c2ccc(F)cc2)C(O)Cc2nc[nH]n2)cc1. The Balaban J connectivity index is 1.96. The van der Waals surface area contributed by atoms with Gasteiger partial charge in [0.1, 0.15) is 12.1 Å². The fourth-order valence-electron chi connectivity index (χ4n) is 2.71. The topological polar surface area (TPSA) is 85.6 Å². The molecule has 120 valence electrons. The van der Waals surface area contributed by atoms with Crippen LogP contribution in [-0.2, 0) is 6.42 Å². The van der Waals surface area contributed by atoms with E-state index < -0.39 is 6.10 Å². The number of nitriles is 1. The number of rotatable bonds is 5. The number of aromatic nitrogens is 3. The highest BCUT2D eigenvalue weighted by molar-refractivity contribution is 5.38. The van der Waals surface area contributed by atoms with E-state index >= 15 is 0 Å². The molecular formula is C18H15FN4O. The monoisotopic (exact) mass is 322 g/mol. The lowest BCUT2D eigenvalue weighted by Crippen LogP contribution is -2.23. The van der Waals surface area contributed by atoms with Gasteiger partial charge in [-0.2, -0.15) is 10.4 Å². The van der Waals surface area contributed by atoms with Crippen molar-refractivity contribution < 1.29 is 9.50 Å². The van der Waals surface area contributed by atoms with Crippen LogP contribution in [0.3, 0.4) is 0 Å². The molecule has 5 nitrogen and oxygen atoms in total. The molecule has 3 aromatic rings. The molecule has 0 bridgehead atoms. The number of nitrogens with one attached hydrogen (secondary N) is 1. The fourth-order valence-corrected chi connectivity index (χ4v) is 2.71. The normalized spacial score (nSPS) is 13.2. The van der Waals surface area contributed by atoms with E-state index in [0.29, 0.717) is 11.4 Å². The first-order chi connectivity index (χ1) is 11.7. The lowest BCUT2D eigenvalue weighted by molar-refractivity contribution is 0.154. The number of hydrogen-bond donors (Lipinski definition) is 2. The van der Waals surface area contributed by atoms with Crippen molar-refractivity contribution >= 4 is 0 Å². The molecular weight excluding hydrogens is 307 g/mol. The minimum Gasteiger partial charge on any atom is -0.392 e. The molecule has 24 heavy (non-hydrogen) atoms. The van der Waals surface area contributed by atoms with Crippen LogP contribution in [0.15, 0.2) is 54.9 Å². The predicted molar refractivity (Wildman–Crippen MR) is 85.5 cm³/mol. The maximum atomic E-state index is 13.2. The first-order valence-electron chi connectivity index (χ1n) is 7.45. The van der Waals surface area contributed by atoms with Gasteiger partial charge in [0, 0.05) is 12.3 Å². The number of aliphatic hydroxyl groups is 1. The summed E-state index contributed by atoms with van der Waals surface area (Å²) >= 11 is 0. The highest BCUT2D eigenvalue weighted by Gasteiger charge is 2.24. The van der Waals surface area contributed by atoms with Crippen LogP contribution in [0.25, 0.3) is 0 Å². The molecule has 0 saturated carbocycles. The van der Waals surface area contributed by atoms with Crippen LogP contribution in [0, 0.1) is 17.1 Å². The third kappa shape index (κ3) is 3.47. The lowest BCUT2D eigenvalue weighted by atomic mass is 9.85. The van der Waals surface area contributed by atoms with E-state index in [1.807, 2.05) is 0 Å². The van der Waals surface area contributed by atoms with E-state index in [4.69, 9.17) is 5.26 Å². The molecule has 0 saturated heterocycles. The van der Waals surface area contributed by atoms with E-state index in [1.54, 1.807) is 36.4 Å². The summed E-state index contributed by atoms with van der Waals surface area (Å²) in [5.41, 5.74) is 2.16. The summed E-state index contributed by atoms with van der Waals surface area (Å²) in [6, 6.07) is 15.1. The van der Waals surface area contributed by atoms with Gasteiger partial charge in [-0.25, -0.2) is 9.37 Å². The zero-order valence-corrected chi connectivity index (χ0v) is 12.7. The zero-order valence-electron chi connectivity index (χ0n) is 12.7. The second-order valence-electron chi connectivity index (χ2n) is 5.45. The number of halogens is 1. The average Bonchev–Trinajstić information content (AvgIpc) is 3.10. The summed E-state index contributed by atoms with van der Waals surface area (Å²) < 4.78 is 13.2. The van der Waals surface area contributed by atoms with Crippen LogP contribution in [0.4, 0.5) is 4.39 Å². The number of aliphatic hydroxyl groups excluding tert-OH is 1. The first kappa shape index (κ1) is 15.8. The third-order valence-electron chi connectivity index (χ3n) is 3.87. The van der Waals surface area contributed by atoms with Gasteiger partial charge in [0.05, 0.1) is 17.7 Å². The van der Waals surface area contributed by atoms with Crippen molar-refractivity contribution in [2.45, 2.75) is 18.4 Å². The standard InChI is InChI=1S/C18H15FN4O/c19-15-7-5-14(6-8-15)18(13-3-1-12(10-20)2-4-13)16(24)9-17-21-11-22-23-17/h1-8,11,16,18,24H,9H2,(H,21,22,23). The Morgan fingerprint density at radius 2 is 1.71 bits per heavy atom.